The van der Waals surface area contributed by atoms with Gasteiger partial charge >= 0.3 is 6.09 Å². The molecule has 3 heterocycles. The lowest BCUT2D eigenvalue weighted by atomic mass is 9.89. The molecular weight excluding hydrogens is 434 g/mol. The smallest absolute Gasteiger partial charge is 0.411 e. The van der Waals surface area contributed by atoms with Crippen molar-refractivity contribution in [3.05, 3.63) is 80.5 Å². The molecule has 31 heavy (non-hydrogen) atoms. The Morgan fingerprint density at radius 1 is 1.35 bits per heavy atom. The fraction of sp³-hybridized carbons (Fsp3) is 0.348. The number of benzene rings is 1. The van der Waals surface area contributed by atoms with Gasteiger partial charge in [0.1, 0.15) is 23.2 Å². The van der Waals surface area contributed by atoms with Crippen LogP contribution in [-0.4, -0.2) is 38.2 Å². The first-order chi connectivity index (χ1) is 14.7. The molecular formula is C23H24ClN3O3S. The summed E-state index contributed by atoms with van der Waals surface area (Å²) in [6, 6.07) is 9.76. The number of amides is 1. The van der Waals surface area contributed by atoms with E-state index in [1.54, 1.807) is 4.90 Å². The van der Waals surface area contributed by atoms with E-state index in [4.69, 9.17) is 16.3 Å². The number of hydrogen-bond donors (Lipinski definition) is 1. The van der Waals surface area contributed by atoms with Crippen LogP contribution in [-0.2, 0) is 11.2 Å². The largest absolute Gasteiger partial charge is 0.444 e. The lowest BCUT2D eigenvalue weighted by Crippen LogP contribution is -2.43. The predicted molar refractivity (Wildman–Crippen MR) is 120 cm³/mol. The summed E-state index contributed by atoms with van der Waals surface area (Å²) in [5.74, 6) is 0. The molecule has 1 N–H and O–H groups in total. The van der Waals surface area contributed by atoms with Crippen LogP contribution in [0.15, 0.2) is 48.2 Å². The molecule has 0 radical (unpaired) electrons. The molecule has 0 saturated heterocycles. The Hall–Kier alpha value is -2.48. The van der Waals surface area contributed by atoms with Crippen molar-refractivity contribution < 1.29 is 14.6 Å². The molecule has 2 aromatic heterocycles. The Morgan fingerprint density at radius 3 is 2.87 bits per heavy atom. The van der Waals surface area contributed by atoms with Crippen LogP contribution in [0.4, 0.5) is 4.79 Å². The average molecular weight is 458 g/mol. The van der Waals surface area contributed by atoms with Crippen LogP contribution in [0.25, 0.3) is 0 Å². The van der Waals surface area contributed by atoms with Crippen LogP contribution in [0, 0.1) is 0 Å². The standard InChI is InChI=1S/C23H24ClN3O3S/c1-23(2,3)30-22(29)27-9-8-14-6-4-5-7-16(14)19(27)15-10-18(31-12-15)20(28)17-11-25-13-26-21(17)24/h4-7,10-13,19-20,28H,8-9H2,1-3H3. The number of halogens is 1. The minimum absolute atomic E-state index is 0.218. The van der Waals surface area contributed by atoms with Gasteiger partial charge in [-0.3, -0.25) is 4.90 Å². The fourth-order valence-electron chi connectivity index (χ4n) is 3.76. The van der Waals surface area contributed by atoms with Gasteiger partial charge in [0.05, 0.1) is 6.04 Å². The number of nitrogens with zero attached hydrogens (tertiary/aromatic N) is 3. The highest BCUT2D eigenvalue weighted by atomic mass is 35.5. The molecule has 6 nitrogen and oxygen atoms in total. The number of carbonyl (C=O) groups excluding carboxylic acids is 1. The summed E-state index contributed by atoms with van der Waals surface area (Å²) in [7, 11) is 0. The molecule has 1 aliphatic heterocycles. The molecule has 8 heteroatoms. The topological polar surface area (TPSA) is 75.5 Å². The third kappa shape index (κ3) is 4.59. The molecule has 2 unspecified atom stereocenters. The van der Waals surface area contributed by atoms with Gasteiger partial charge in [0, 0.05) is 23.2 Å². The Labute approximate surface area is 190 Å². The maximum Gasteiger partial charge on any atom is 0.411 e. The summed E-state index contributed by atoms with van der Waals surface area (Å²) >= 11 is 7.56. The minimum atomic E-state index is -0.943. The van der Waals surface area contributed by atoms with Crippen molar-refractivity contribution in [2.45, 2.75) is 44.9 Å². The number of aromatic nitrogens is 2. The second-order valence-corrected chi connectivity index (χ2v) is 9.78. The Morgan fingerprint density at radius 2 is 2.13 bits per heavy atom. The molecule has 0 bridgehead atoms. The van der Waals surface area contributed by atoms with Gasteiger partial charge in [-0.1, -0.05) is 35.9 Å². The zero-order valence-electron chi connectivity index (χ0n) is 17.6. The van der Waals surface area contributed by atoms with Crippen LogP contribution in [0.5, 0.6) is 0 Å². The van der Waals surface area contributed by atoms with E-state index in [0.717, 1.165) is 17.5 Å². The van der Waals surface area contributed by atoms with E-state index >= 15 is 0 Å². The second kappa shape index (κ2) is 8.57. The van der Waals surface area contributed by atoms with E-state index < -0.39 is 11.7 Å². The Kier molecular flexibility index (Phi) is 6.01. The second-order valence-electron chi connectivity index (χ2n) is 8.48. The third-order valence-corrected chi connectivity index (χ3v) is 6.44. The zero-order chi connectivity index (χ0) is 22.2. The lowest BCUT2D eigenvalue weighted by Gasteiger charge is -2.38. The molecule has 3 aromatic rings. The van der Waals surface area contributed by atoms with Gasteiger partial charge in [0.2, 0.25) is 0 Å². The van der Waals surface area contributed by atoms with Gasteiger partial charge in [-0.15, -0.1) is 11.3 Å². The number of hydrogen-bond acceptors (Lipinski definition) is 6. The Bertz CT molecular complexity index is 1100. The first-order valence-corrected chi connectivity index (χ1v) is 11.3. The lowest BCUT2D eigenvalue weighted by molar-refractivity contribution is 0.0178. The van der Waals surface area contributed by atoms with Crippen LogP contribution in [0.3, 0.4) is 0 Å². The van der Waals surface area contributed by atoms with Crippen molar-refractivity contribution in [3.8, 4) is 0 Å². The van der Waals surface area contributed by atoms with Crippen LogP contribution in [0.1, 0.15) is 60.0 Å². The maximum absolute atomic E-state index is 13.0. The highest BCUT2D eigenvalue weighted by Crippen LogP contribution is 2.40. The summed E-state index contributed by atoms with van der Waals surface area (Å²) in [5, 5.41) is 13.0. The van der Waals surface area contributed by atoms with Gasteiger partial charge in [-0.05, 0) is 55.3 Å². The van der Waals surface area contributed by atoms with Crippen molar-refractivity contribution in [3.63, 3.8) is 0 Å². The first kappa shape index (κ1) is 21.7. The van der Waals surface area contributed by atoms with E-state index in [2.05, 4.69) is 16.0 Å². The normalized spacial score (nSPS) is 17.2. The molecule has 0 fully saturated rings. The van der Waals surface area contributed by atoms with E-state index in [1.165, 1.54) is 29.4 Å². The number of aliphatic hydroxyl groups excluding tert-OH is 1. The number of ether oxygens (including phenoxy) is 1. The van der Waals surface area contributed by atoms with Gasteiger partial charge in [0.25, 0.3) is 0 Å². The first-order valence-electron chi connectivity index (χ1n) is 10.0. The molecule has 1 aromatic carbocycles. The molecule has 1 amide bonds. The number of thiophene rings is 1. The molecule has 2 atom stereocenters. The molecule has 1 aliphatic rings. The van der Waals surface area contributed by atoms with Crippen LogP contribution in [0.2, 0.25) is 5.15 Å². The van der Waals surface area contributed by atoms with Crippen molar-refractivity contribution in [2.24, 2.45) is 0 Å². The highest BCUT2D eigenvalue weighted by Gasteiger charge is 2.35. The van der Waals surface area contributed by atoms with Gasteiger partial charge in [-0.2, -0.15) is 0 Å². The van der Waals surface area contributed by atoms with Crippen molar-refractivity contribution >= 4 is 29.0 Å². The number of aliphatic hydroxyl groups is 1. The molecule has 4 rings (SSSR count). The van der Waals surface area contributed by atoms with Gasteiger partial charge in [0.15, 0.2) is 0 Å². The van der Waals surface area contributed by atoms with E-state index in [-0.39, 0.29) is 17.3 Å². The van der Waals surface area contributed by atoms with E-state index in [1.807, 2.05) is 50.4 Å². The highest BCUT2D eigenvalue weighted by molar-refractivity contribution is 7.10. The predicted octanol–water partition coefficient (Wildman–Crippen LogP) is 5.16. The molecule has 0 aliphatic carbocycles. The van der Waals surface area contributed by atoms with E-state index in [0.29, 0.717) is 17.0 Å². The average Bonchev–Trinajstić information content (AvgIpc) is 3.21. The maximum atomic E-state index is 13.0. The molecule has 162 valence electrons. The zero-order valence-corrected chi connectivity index (χ0v) is 19.2. The monoisotopic (exact) mass is 457 g/mol. The summed E-state index contributed by atoms with van der Waals surface area (Å²) in [6.45, 7) is 6.15. The van der Waals surface area contributed by atoms with Crippen LogP contribution < -0.4 is 0 Å². The van der Waals surface area contributed by atoms with Gasteiger partial charge in [-0.25, -0.2) is 14.8 Å². The SMILES string of the molecule is CC(C)(C)OC(=O)N1CCc2ccccc2C1c1csc(C(O)c2cncnc2Cl)c1. The van der Waals surface area contributed by atoms with Crippen molar-refractivity contribution in [1.29, 1.82) is 0 Å². The summed E-state index contributed by atoms with van der Waals surface area (Å²) in [5.41, 5.74) is 3.06. The Balaban J connectivity index is 1.71. The quantitative estimate of drug-likeness (QED) is 0.550. The molecule has 0 saturated carbocycles. The summed E-state index contributed by atoms with van der Waals surface area (Å²) in [4.78, 5) is 23.4. The van der Waals surface area contributed by atoms with Crippen LogP contribution >= 0.6 is 22.9 Å². The minimum Gasteiger partial charge on any atom is -0.444 e. The van der Waals surface area contributed by atoms with Gasteiger partial charge < -0.3 is 9.84 Å². The van der Waals surface area contributed by atoms with Crippen molar-refractivity contribution in [2.75, 3.05) is 6.54 Å². The summed E-state index contributed by atoms with van der Waals surface area (Å²) in [6.07, 6.45) is 2.34. The van der Waals surface area contributed by atoms with E-state index in [9.17, 15) is 9.90 Å². The summed E-state index contributed by atoms with van der Waals surface area (Å²) < 4.78 is 5.69. The van der Waals surface area contributed by atoms with Crippen molar-refractivity contribution in [1.82, 2.24) is 14.9 Å². The number of fused-ring (bicyclic) bond motifs is 1. The number of carbonyl (C=O) groups is 1. The fourth-order valence-corrected chi connectivity index (χ4v) is 4.89. The third-order valence-electron chi connectivity index (χ3n) is 5.12. The number of rotatable bonds is 3. The molecule has 0 spiro atoms.